The van der Waals surface area contributed by atoms with E-state index in [1.54, 1.807) is 6.26 Å². The molecule has 0 unspecified atom stereocenters. The van der Waals surface area contributed by atoms with Gasteiger partial charge in [-0.15, -0.1) is 0 Å². The second kappa shape index (κ2) is 5.48. The molecule has 0 radical (unpaired) electrons. The van der Waals surface area contributed by atoms with Crippen LogP contribution in [0.5, 0.6) is 0 Å². The number of nitrogens with zero attached hydrogens (tertiary/aromatic N) is 2. The minimum absolute atomic E-state index is 0.295. The molecule has 1 aliphatic carbocycles. The Hall–Kier alpha value is -2.30. The molecule has 1 fully saturated rings. The van der Waals surface area contributed by atoms with Crippen LogP contribution in [-0.2, 0) is 6.42 Å². The molecule has 1 saturated carbocycles. The first-order valence-corrected chi connectivity index (χ1v) is 7.98. The molecule has 3 N–H and O–H groups in total. The van der Waals surface area contributed by atoms with Gasteiger partial charge in [-0.2, -0.15) is 0 Å². The van der Waals surface area contributed by atoms with E-state index in [9.17, 15) is 0 Å². The van der Waals surface area contributed by atoms with Crippen molar-refractivity contribution in [1.29, 1.82) is 0 Å². The third-order valence-electron chi connectivity index (χ3n) is 4.61. The van der Waals surface area contributed by atoms with E-state index in [-0.39, 0.29) is 0 Å². The van der Waals surface area contributed by atoms with Crippen LogP contribution in [0.1, 0.15) is 37.7 Å². The SMILES string of the molecule is Nc1nc(-c2ccco2)c2[nH]cc(CC3CCCCC3)c2n1. The summed E-state index contributed by atoms with van der Waals surface area (Å²) in [5.74, 6) is 1.77. The van der Waals surface area contributed by atoms with E-state index in [1.807, 2.05) is 12.1 Å². The van der Waals surface area contributed by atoms with Gasteiger partial charge in [0.1, 0.15) is 5.69 Å². The summed E-state index contributed by atoms with van der Waals surface area (Å²) in [6.07, 6.45) is 11.5. The van der Waals surface area contributed by atoms with Crippen molar-refractivity contribution >= 4 is 17.0 Å². The van der Waals surface area contributed by atoms with Gasteiger partial charge >= 0.3 is 0 Å². The zero-order chi connectivity index (χ0) is 14.9. The molecule has 5 nitrogen and oxygen atoms in total. The Kier molecular flexibility index (Phi) is 3.33. The number of furan rings is 1. The maximum atomic E-state index is 5.91. The van der Waals surface area contributed by atoms with Crippen LogP contribution in [0.4, 0.5) is 5.95 Å². The second-order valence-corrected chi connectivity index (χ2v) is 6.15. The number of fused-ring (bicyclic) bond motifs is 1. The fourth-order valence-electron chi connectivity index (χ4n) is 3.52. The van der Waals surface area contributed by atoms with Crippen molar-refractivity contribution in [2.24, 2.45) is 5.92 Å². The summed E-state index contributed by atoms with van der Waals surface area (Å²) in [4.78, 5) is 12.1. The predicted molar refractivity (Wildman–Crippen MR) is 86.3 cm³/mol. The minimum Gasteiger partial charge on any atom is -0.463 e. The zero-order valence-corrected chi connectivity index (χ0v) is 12.5. The highest BCUT2D eigenvalue weighted by Gasteiger charge is 2.19. The summed E-state index contributed by atoms with van der Waals surface area (Å²) in [7, 11) is 0. The van der Waals surface area contributed by atoms with Crippen molar-refractivity contribution in [1.82, 2.24) is 15.0 Å². The number of nitrogens with one attached hydrogen (secondary N) is 1. The number of nitrogen functional groups attached to an aromatic ring is 1. The van der Waals surface area contributed by atoms with E-state index in [0.717, 1.165) is 29.1 Å². The van der Waals surface area contributed by atoms with Gasteiger partial charge in [0.2, 0.25) is 5.95 Å². The van der Waals surface area contributed by atoms with E-state index < -0.39 is 0 Å². The van der Waals surface area contributed by atoms with Crippen LogP contribution in [-0.4, -0.2) is 15.0 Å². The van der Waals surface area contributed by atoms with E-state index in [2.05, 4.69) is 21.1 Å². The molecule has 1 aliphatic rings. The molecular weight excluding hydrogens is 276 g/mol. The van der Waals surface area contributed by atoms with Gasteiger partial charge in [0, 0.05) is 6.20 Å². The van der Waals surface area contributed by atoms with Crippen LogP contribution < -0.4 is 5.73 Å². The lowest BCUT2D eigenvalue weighted by atomic mass is 9.85. The number of aromatic nitrogens is 3. The van der Waals surface area contributed by atoms with E-state index in [4.69, 9.17) is 10.2 Å². The number of hydrogen-bond acceptors (Lipinski definition) is 4. The van der Waals surface area contributed by atoms with Crippen molar-refractivity contribution < 1.29 is 4.42 Å². The molecule has 114 valence electrons. The van der Waals surface area contributed by atoms with Crippen LogP contribution >= 0.6 is 0 Å². The number of aromatic amines is 1. The van der Waals surface area contributed by atoms with E-state index >= 15 is 0 Å². The molecule has 3 heterocycles. The molecule has 0 saturated heterocycles. The lowest BCUT2D eigenvalue weighted by molar-refractivity contribution is 0.357. The number of anilines is 1. The fourth-order valence-corrected chi connectivity index (χ4v) is 3.52. The molecular formula is C17H20N4O. The molecule has 0 spiro atoms. The molecule has 0 aliphatic heterocycles. The fraction of sp³-hybridized carbons (Fsp3) is 0.412. The number of rotatable bonds is 3. The van der Waals surface area contributed by atoms with Crippen molar-refractivity contribution in [3.05, 3.63) is 30.2 Å². The summed E-state index contributed by atoms with van der Waals surface area (Å²) in [5.41, 5.74) is 9.74. The number of hydrogen-bond donors (Lipinski definition) is 2. The maximum absolute atomic E-state index is 5.91. The standard InChI is InChI=1S/C17H20N4O/c18-17-20-14-12(9-11-5-2-1-3-6-11)10-19-16(14)15(21-17)13-7-4-8-22-13/h4,7-8,10-11,19H,1-3,5-6,9H2,(H2,18,20,21). The summed E-state index contributed by atoms with van der Waals surface area (Å²) in [5, 5.41) is 0. The molecule has 0 atom stereocenters. The summed E-state index contributed by atoms with van der Waals surface area (Å²) in [6, 6.07) is 3.74. The minimum atomic E-state index is 0.295. The molecule has 0 bridgehead atoms. The van der Waals surface area contributed by atoms with Crippen LogP contribution in [0.3, 0.4) is 0 Å². The van der Waals surface area contributed by atoms with Crippen LogP contribution in [0.15, 0.2) is 29.0 Å². The van der Waals surface area contributed by atoms with Gasteiger partial charge in [0.15, 0.2) is 5.76 Å². The Morgan fingerprint density at radius 2 is 2.09 bits per heavy atom. The van der Waals surface area contributed by atoms with Gasteiger partial charge in [-0.25, -0.2) is 9.97 Å². The normalized spacial score (nSPS) is 16.4. The van der Waals surface area contributed by atoms with Crippen molar-refractivity contribution in [3.8, 4) is 11.5 Å². The lowest BCUT2D eigenvalue weighted by Gasteiger charge is -2.20. The average molecular weight is 296 g/mol. The van der Waals surface area contributed by atoms with Crippen LogP contribution in [0, 0.1) is 5.92 Å². The Labute approximate surface area is 129 Å². The largest absolute Gasteiger partial charge is 0.463 e. The molecule has 3 aromatic rings. The monoisotopic (exact) mass is 296 g/mol. The molecule has 22 heavy (non-hydrogen) atoms. The van der Waals surface area contributed by atoms with E-state index in [0.29, 0.717) is 11.7 Å². The van der Waals surface area contributed by atoms with Gasteiger partial charge in [0.25, 0.3) is 0 Å². The Morgan fingerprint density at radius 3 is 2.86 bits per heavy atom. The molecule has 3 aromatic heterocycles. The maximum Gasteiger partial charge on any atom is 0.221 e. The smallest absolute Gasteiger partial charge is 0.221 e. The predicted octanol–water partition coefficient (Wildman–Crippen LogP) is 3.92. The van der Waals surface area contributed by atoms with Crippen LogP contribution in [0.2, 0.25) is 0 Å². The van der Waals surface area contributed by atoms with Gasteiger partial charge in [-0.3, -0.25) is 0 Å². The van der Waals surface area contributed by atoms with Crippen LogP contribution in [0.25, 0.3) is 22.5 Å². The molecule has 0 aromatic carbocycles. The number of nitrogens with two attached hydrogens (primary N) is 1. The van der Waals surface area contributed by atoms with Gasteiger partial charge in [-0.05, 0) is 30.0 Å². The first-order valence-electron chi connectivity index (χ1n) is 7.98. The molecule has 5 heteroatoms. The topological polar surface area (TPSA) is 80.7 Å². The highest BCUT2D eigenvalue weighted by Crippen LogP contribution is 2.32. The summed E-state index contributed by atoms with van der Waals surface area (Å²) < 4.78 is 5.48. The third-order valence-corrected chi connectivity index (χ3v) is 4.61. The third kappa shape index (κ3) is 2.36. The molecule has 4 rings (SSSR count). The highest BCUT2D eigenvalue weighted by molar-refractivity contribution is 5.91. The lowest BCUT2D eigenvalue weighted by Crippen LogP contribution is -2.09. The molecule has 0 amide bonds. The number of H-pyrrole nitrogens is 1. The van der Waals surface area contributed by atoms with Gasteiger partial charge < -0.3 is 15.1 Å². The van der Waals surface area contributed by atoms with Crippen molar-refractivity contribution in [3.63, 3.8) is 0 Å². The Morgan fingerprint density at radius 1 is 1.23 bits per heavy atom. The zero-order valence-electron chi connectivity index (χ0n) is 12.5. The first kappa shape index (κ1) is 13.4. The average Bonchev–Trinajstić information content (AvgIpc) is 3.18. The first-order chi connectivity index (χ1) is 10.8. The summed E-state index contributed by atoms with van der Waals surface area (Å²) >= 11 is 0. The van der Waals surface area contributed by atoms with Crippen molar-refractivity contribution in [2.75, 3.05) is 5.73 Å². The summed E-state index contributed by atoms with van der Waals surface area (Å²) in [6.45, 7) is 0. The van der Waals surface area contributed by atoms with E-state index in [1.165, 1.54) is 37.7 Å². The Balaban J connectivity index is 1.75. The second-order valence-electron chi connectivity index (χ2n) is 6.15. The van der Waals surface area contributed by atoms with Crippen molar-refractivity contribution in [2.45, 2.75) is 38.5 Å². The van der Waals surface area contributed by atoms with Gasteiger partial charge in [0.05, 0.1) is 17.3 Å². The van der Waals surface area contributed by atoms with Gasteiger partial charge in [-0.1, -0.05) is 32.1 Å². The highest BCUT2D eigenvalue weighted by atomic mass is 16.3. The quantitative estimate of drug-likeness (QED) is 0.767. The Bertz CT molecular complexity index is 769.